The zero-order valence-electron chi connectivity index (χ0n) is 13.0. The van der Waals surface area contributed by atoms with Gasteiger partial charge in [-0.25, -0.2) is 0 Å². The topological polar surface area (TPSA) is 95.7 Å². The molecule has 2 aliphatic rings. The monoisotopic (exact) mass is 331 g/mol. The third kappa shape index (κ3) is 3.05. The van der Waals surface area contributed by atoms with Crippen molar-refractivity contribution in [3.05, 3.63) is 35.5 Å². The molecule has 0 saturated carbocycles. The molecule has 8 heteroatoms. The molecule has 2 aliphatic heterocycles. The second-order valence-electron chi connectivity index (χ2n) is 5.62. The highest BCUT2D eigenvalue weighted by Gasteiger charge is 2.23. The van der Waals surface area contributed by atoms with Crippen molar-refractivity contribution >= 4 is 5.91 Å². The first-order valence-corrected chi connectivity index (χ1v) is 7.91. The fourth-order valence-electron chi connectivity index (χ4n) is 2.70. The lowest BCUT2D eigenvalue weighted by atomic mass is 10.2. The first-order valence-electron chi connectivity index (χ1n) is 7.91. The van der Waals surface area contributed by atoms with Gasteiger partial charge in [-0.05, 0) is 31.0 Å². The van der Waals surface area contributed by atoms with Gasteiger partial charge in [0.2, 0.25) is 6.79 Å². The number of nitrogens with one attached hydrogen (secondary N) is 1. The Morgan fingerprint density at radius 2 is 2.21 bits per heavy atom. The van der Waals surface area contributed by atoms with Crippen LogP contribution in [0.2, 0.25) is 0 Å². The molecule has 1 aromatic heterocycles. The van der Waals surface area contributed by atoms with E-state index in [1.54, 1.807) is 18.2 Å². The SMILES string of the molecule is O=C(NCCc1noc([C@H]2CCCO2)n1)c1ccc2c(c1)OCO2. The maximum absolute atomic E-state index is 12.2. The van der Waals surface area contributed by atoms with Crippen LogP contribution in [0.4, 0.5) is 0 Å². The lowest BCUT2D eigenvalue weighted by Gasteiger charge is -2.04. The van der Waals surface area contributed by atoms with E-state index in [-0.39, 0.29) is 18.8 Å². The summed E-state index contributed by atoms with van der Waals surface area (Å²) in [5.41, 5.74) is 0.521. The number of hydrogen-bond acceptors (Lipinski definition) is 7. The first-order chi connectivity index (χ1) is 11.8. The molecule has 3 heterocycles. The van der Waals surface area contributed by atoms with Crippen molar-refractivity contribution < 1.29 is 23.5 Å². The molecule has 0 spiro atoms. The minimum atomic E-state index is -0.184. The Bertz CT molecular complexity index is 739. The standard InChI is InChI=1S/C16H17N3O5/c20-15(10-3-4-11-13(8-10)23-9-22-11)17-6-5-14-18-16(24-19-14)12-2-1-7-21-12/h3-4,8,12H,1-2,5-7,9H2,(H,17,20)/t12-/m1/s1. The maximum atomic E-state index is 12.2. The molecule has 8 nitrogen and oxygen atoms in total. The number of aromatic nitrogens is 2. The van der Waals surface area contributed by atoms with E-state index in [1.807, 2.05) is 0 Å². The van der Waals surface area contributed by atoms with Crippen LogP contribution in [0.3, 0.4) is 0 Å². The van der Waals surface area contributed by atoms with E-state index in [0.29, 0.717) is 41.7 Å². The van der Waals surface area contributed by atoms with Gasteiger partial charge in [0.25, 0.3) is 11.8 Å². The molecule has 0 bridgehead atoms. The van der Waals surface area contributed by atoms with Crippen LogP contribution in [-0.4, -0.2) is 36.0 Å². The van der Waals surface area contributed by atoms with E-state index in [2.05, 4.69) is 15.5 Å². The summed E-state index contributed by atoms with van der Waals surface area (Å²) in [5.74, 6) is 2.13. The molecular weight excluding hydrogens is 314 g/mol. The highest BCUT2D eigenvalue weighted by molar-refractivity contribution is 5.94. The lowest BCUT2D eigenvalue weighted by Crippen LogP contribution is -2.25. The number of ether oxygens (including phenoxy) is 3. The highest BCUT2D eigenvalue weighted by atomic mass is 16.7. The summed E-state index contributed by atoms with van der Waals surface area (Å²) in [5, 5.41) is 6.75. The largest absolute Gasteiger partial charge is 0.454 e. The van der Waals surface area contributed by atoms with Gasteiger partial charge in [-0.2, -0.15) is 4.98 Å². The maximum Gasteiger partial charge on any atom is 0.255 e. The minimum absolute atomic E-state index is 0.0885. The van der Waals surface area contributed by atoms with Crippen LogP contribution in [-0.2, 0) is 11.2 Å². The van der Waals surface area contributed by atoms with Crippen LogP contribution in [0.15, 0.2) is 22.7 Å². The van der Waals surface area contributed by atoms with E-state index < -0.39 is 0 Å². The molecule has 1 amide bonds. The summed E-state index contributed by atoms with van der Waals surface area (Å²) in [6.07, 6.45) is 2.32. The number of hydrogen-bond donors (Lipinski definition) is 1. The summed E-state index contributed by atoms with van der Waals surface area (Å²) >= 11 is 0. The van der Waals surface area contributed by atoms with Crippen molar-refractivity contribution in [3.63, 3.8) is 0 Å². The first kappa shape index (κ1) is 14.9. The average Bonchev–Trinajstić information content (AvgIpc) is 3.34. The van der Waals surface area contributed by atoms with Gasteiger partial charge >= 0.3 is 0 Å². The van der Waals surface area contributed by atoms with E-state index >= 15 is 0 Å². The van der Waals surface area contributed by atoms with E-state index in [9.17, 15) is 4.79 Å². The molecule has 1 fully saturated rings. The molecule has 1 N–H and O–H groups in total. The van der Waals surface area contributed by atoms with Crippen LogP contribution in [0.5, 0.6) is 11.5 Å². The van der Waals surface area contributed by atoms with Crippen molar-refractivity contribution in [2.45, 2.75) is 25.4 Å². The molecule has 1 atom stereocenters. The minimum Gasteiger partial charge on any atom is -0.454 e. The Morgan fingerprint density at radius 1 is 1.29 bits per heavy atom. The third-order valence-corrected chi connectivity index (χ3v) is 3.96. The lowest BCUT2D eigenvalue weighted by molar-refractivity contribution is 0.0835. The van der Waals surface area contributed by atoms with Crippen molar-refractivity contribution in [3.8, 4) is 11.5 Å². The van der Waals surface area contributed by atoms with Crippen LogP contribution >= 0.6 is 0 Å². The number of carbonyl (C=O) groups excluding carboxylic acids is 1. The van der Waals surface area contributed by atoms with Gasteiger partial charge in [-0.3, -0.25) is 4.79 Å². The summed E-state index contributed by atoms with van der Waals surface area (Å²) in [6, 6.07) is 5.10. The predicted molar refractivity (Wildman–Crippen MR) is 80.8 cm³/mol. The van der Waals surface area contributed by atoms with Crippen LogP contribution in [0.1, 0.15) is 41.0 Å². The van der Waals surface area contributed by atoms with Gasteiger partial charge in [0.15, 0.2) is 17.3 Å². The Morgan fingerprint density at radius 3 is 3.08 bits per heavy atom. The Hall–Kier alpha value is -2.61. The number of rotatable bonds is 5. The molecule has 126 valence electrons. The van der Waals surface area contributed by atoms with Crippen LogP contribution in [0, 0.1) is 0 Å². The Balaban J connectivity index is 1.30. The van der Waals surface area contributed by atoms with E-state index in [1.165, 1.54) is 0 Å². The van der Waals surface area contributed by atoms with Gasteiger partial charge in [-0.1, -0.05) is 5.16 Å². The van der Waals surface area contributed by atoms with Gasteiger partial charge in [-0.15, -0.1) is 0 Å². The van der Waals surface area contributed by atoms with Gasteiger partial charge in [0, 0.05) is 25.1 Å². The summed E-state index contributed by atoms with van der Waals surface area (Å²) in [7, 11) is 0. The molecule has 0 aliphatic carbocycles. The second-order valence-corrected chi connectivity index (χ2v) is 5.62. The molecule has 4 rings (SSSR count). The number of nitrogens with zero attached hydrogens (tertiary/aromatic N) is 2. The van der Waals surface area contributed by atoms with Gasteiger partial charge < -0.3 is 24.1 Å². The fraction of sp³-hybridized carbons (Fsp3) is 0.438. The normalized spacial score (nSPS) is 18.8. The van der Waals surface area contributed by atoms with Crippen LogP contribution in [0.25, 0.3) is 0 Å². The number of fused-ring (bicyclic) bond motifs is 1. The predicted octanol–water partition coefficient (Wildman–Crippen LogP) is 1.62. The van der Waals surface area contributed by atoms with E-state index in [4.69, 9.17) is 18.7 Å². The third-order valence-electron chi connectivity index (χ3n) is 3.96. The highest BCUT2D eigenvalue weighted by Crippen LogP contribution is 2.32. The van der Waals surface area contributed by atoms with Crippen molar-refractivity contribution in [2.75, 3.05) is 19.9 Å². The summed E-state index contributed by atoms with van der Waals surface area (Å²) in [4.78, 5) is 16.5. The smallest absolute Gasteiger partial charge is 0.255 e. The second kappa shape index (κ2) is 6.48. The van der Waals surface area contributed by atoms with Gasteiger partial charge in [0.05, 0.1) is 0 Å². The number of carbonyl (C=O) groups is 1. The molecule has 2 aromatic rings. The molecular formula is C16H17N3O5. The van der Waals surface area contributed by atoms with Crippen molar-refractivity contribution in [2.24, 2.45) is 0 Å². The zero-order valence-corrected chi connectivity index (χ0v) is 13.0. The quantitative estimate of drug-likeness (QED) is 0.889. The van der Waals surface area contributed by atoms with E-state index in [0.717, 1.165) is 19.4 Å². The van der Waals surface area contributed by atoms with Crippen molar-refractivity contribution in [1.29, 1.82) is 0 Å². The molecule has 0 radical (unpaired) electrons. The fourth-order valence-corrected chi connectivity index (χ4v) is 2.70. The number of amides is 1. The van der Waals surface area contributed by atoms with Crippen molar-refractivity contribution in [1.82, 2.24) is 15.5 Å². The zero-order chi connectivity index (χ0) is 16.4. The molecule has 1 saturated heterocycles. The average molecular weight is 331 g/mol. The number of benzene rings is 1. The summed E-state index contributed by atoms with van der Waals surface area (Å²) < 4.78 is 21.2. The van der Waals surface area contributed by atoms with Gasteiger partial charge in [0.1, 0.15) is 6.10 Å². The Labute approximate surface area is 138 Å². The molecule has 24 heavy (non-hydrogen) atoms. The van der Waals surface area contributed by atoms with Crippen LogP contribution < -0.4 is 14.8 Å². The summed E-state index contributed by atoms with van der Waals surface area (Å²) in [6.45, 7) is 1.33. The molecule has 0 unspecified atom stereocenters. The molecule has 1 aromatic carbocycles. The Kier molecular flexibility index (Phi) is 4.04.